The third-order valence-electron chi connectivity index (χ3n) is 10.7. The van der Waals surface area contributed by atoms with Crippen LogP contribution in [0.15, 0.2) is 231 Å². The van der Waals surface area contributed by atoms with Gasteiger partial charge in [0.25, 0.3) is 0 Å². The molecule has 0 bridgehead atoms. The van der Waals surface area contributed by atoms with Crippen LogP contribution in [0.3, 0.4) is 0 Å². The Morgan fingerprint density at radius 2 is 0.534 bits per heavy atom. The molecular weight excluding hydrogens is 705 g/mol. The molecule has 0 atom stereocenters. The van der Waals surface area contributed by atoms with Crippen LogP contribution in [0.2, 0.25) is 0 Å². The summed E-state index contributed by atoms with van der Waals surface area (Å²) in [6, 6.07) is 77.5. The summed E-state index contributed by atoms with van der Waals surface area (Å²) < 4.78 is 0. The fourth-order valence-electron chi connectivity index (χ4n) is 7.77. The van der Waals surface area contributed by atoms with Crippen molar-refractivity contribution in [2.24, 2.45) is 0 Å². The Bertz CT molecular complexity index is 2760. The molecule has 10 aromatic rings. The molecule has 0 fully saturated rings. The van der Waals surface area contributed by atoms with Crippen molar-refractivity contribution in [2.45, 2.75) is 0 Å². The van der Waals surface area contributed by atoms with Crippen molar-refractivity contribution in [3.63, 3.8) is 0 Å². The summed E-state index contributed by atoms with van der Waals surface area (Å²) in [5.74, 6) is 0. The van der Waals surface area contributed by atoms with E-state index < -0.39 is 0 Å². The Morgan fingerprint density at radius 1 is 0.241 bits per heavy atom. The van der Waals surface area contributed by atoms with Crippen molar-refractivity contribution < 1.29 is 0 Å². The molecular formula is C54H38N4. The van der Waals surface area contributed by atoms with Gasteiger partial charge in [-0.2, -0.15) is 0 Å². The maximum atomic E-state index is 4.57. The van der Waals surface area contributed by atoms with Crippen molar-refractivity contribution in [3.8, 4) is 33.4 Å². The third kappa shape index (κ3) is 6.95. The Balaban J connectivity index is 0.983. The highest BCUT2D eigenvalue weighted by atomic mass is 15.1. The van der Waals surface area contributed by atoms with Gasteiger partial charge in [-0.05, 0) is 130 Å². The molecule has 10 rings (SSSR count). The number of anilines is 6. The van der Waals surface area contributed by atoms with Crippen LogP contribution in [-0.4, -0.2) is 9.97 Å². The predicted octanol–water partition coefficient (Wildman–Crippen LogP) is 14.7. The molecule has 0 N–H and O–H groups in total. The van der Waals surface area contributed by atoms with Gasteiger partial charge >= 0.3 is 0 Å². The summed E-state index contributed by atoms with van der Waals surface area (Å²) in [5.41, 5.74) is 15.5. The summed E-state index contributed by atoms with van der Waals surface area (Å²) in [6.07, 6.45) is 3.69. The molecule has 4 heteroatoms. The van der Waals surface area contributed by atoms with Gasteiger partial charge < -0.3 is 9.80 Å². The molecule has 0 spiro atoms. The molecule has 0 saturated heterocycles. The molecule has 4 nitrogen and oxygen atoms in total. The van der Waals surface area contributed by atoms with E-state index >= 15 is 0 Å². The molecule has 0 unspecified atom stereocenters. The Kier molecular flexibility index (Phi) is 9.18. The molecule has 0 amide bonds. The molecule has 2 heterocycles. The second-order valence-electron chi connectivity index (χ2n) is 14.4. The number of benzene rings is 8. The molecule has 8 aromatic carbocycles. The van der Waals surface area contributed by atoms with Crippen LogP contribution in [0.5, 0.6) is 0 Å². The van der Waals surface area contributed by atoms with Gasteiger partial charge in [0.2, 0.25) is 0 Å². The Labute approximate surface area is 338 Å². The van der Waals surface area contributed by atoms with E-state index in [9.17, 15) is 0 Å². The van der Waals surface area contributed by atoms with Gasteiger partial charge in [-0.25, -0.2) is 0 Å². The molecule has 0 saturated carbocycles. The van der Waals surface area contributed by atoms with Crippen LogP contribution in [0, 0.1) is 0 Å². The summed E-state index contributed by atoms with van der Waals surface area (Å²) in [7, 11) is 0. The second kappa shape index (κ2) is 15.4. The highest BCUT2D eigenvalue weighted by Crippen LogP contribution is 2.40. The fraction of sp³-hybridized carbons (Fsp3) is 0. The molecule has 0 radical (unpaired) electrons. The number of aromatic nitrogens is 2. The number of fused-ring (bicyclic) bond motifs is 2. The van der Waals surface area contributed by atoms with Crippen LogP contribution in [0.25, 0.3) is 55.2 Å². The second-order valence-corrected chi connectivity index (χ2v) is 14.4. The first-order valence-electron chi connectivity index (χ1n) is 19.5. The lowest BCUT2D eigenvalue weighted by atomic mass is 10.0. The van der Waals surface area contributed by atoms with E-state index in [2.05, 4.69) is 226 Å². The molecule has 58 heavy (non-hydrogen) atoms. The van der Waals surface area contributed by atoms with Gasteiger partial charge in [0.15, 0.2) is 0 Å². The lowest BCUT2D eigenvalue weighted by molar-refractivity contribution is 1.28. The van der Waals surface area contributed by atoms with Gasteiger partial charge in [-0.1, -0.05) is 121 Å². The lowest BCUT2D eigenvalue weighted by Crippen LogP contribution is -2.10. The standard InChI is InChI=1S/C54H38N4/c1-3-9-39(10-4-1)41-15-23-47(24-16-41)57(51-31-33-53-45(37-51)13-7-35-55-53)49-27-19-43(20-28-49)44-21-29-50(30-22-44)58(52-32-34-54-46(38-52)14-8-36-56-54)48-25-17-42(18-26-48)40-11-5-2-6-12-40/h1-38H. The van der Waals surface area contributed by atoms with Crippen molar-refractivity contribution in [1.82, 2.24) is 9.97 Å². The molecule has 0 aliphatic heterocycles. The van der Waals surface area contributed by atoms with Crippen LogP contribution >= 0.6 is 0 Å². The highest BCUT2D eigenvalue weighted by Gasteiger charge is 2.16. The summed E-state index contributed by atoms with van der Waals surface area (Å²) in [5, 5.41) is 2.20. The quantitative estimate of drug-likeness (QED) is 0.147. The zero-order chi connectivity index (χ0) is 38.7. The van der Waals surface area contributed by atoms with Crippen LogP contribution < -0.4 is 9.80 Å². The van der Waals surface area contributed by atoms with Crippen LogP contribution in [-0.2, 0) is 0 Å². The van der Waals surface area contributed by atoms with Crippen molar-refractivity contribution >= 4 is 55.9 Å². The number of nitrogens with zero attached hydrogens (tertiary/aromatic N) is 4. The van der Waals surface area contributed by atoms with Gasteiger partial charge in [-0.3, -0.25) is 9.97 Å². The SMILES string of the molecule is c1ccc(-c2ccc(N(c3ccc(-c4ccc(N(c5ccc(-c6ccccc6)cc5)c5ccc6ncccc6c5)cc4)cc3)c3ccc4ncccc4c3)cc2)cc1. The summed E-state index contributed by atoms with van der Waals surface area (Å²) in [6.45, 7) is 0. The average molecular weight is 743 g/mol. The van der Waals surface area contributed by atoms with Crippen molar-refractivity contribution in [1.29, 1.82) is 0 Å². The minimum Gasteiger partial charge on any atom is -0.310 e. The molecule has 274 valence electrons. The lowest BCUT2D eigenvalue weighted by Gasteiger charge is -2.27. The highest BCUT2D eigenvalue weighted by molar-refractivity contribution is 5.89. The van der Waals surface area contributed by atoms with E-state index in [1.807, 2.05) is 24.5 Å². The monoisotopic (exact) mass is 742 g/mol. The van der Waals surface area contributed by atoms with E-state index in [0.717, 1.165) is 67.1 Å². The topological polar surface area (TPSA) is 32.3 Å². The van der Waals surface area contributed by atoms with Crippen molar-refractivity contribution in [3.05, 3.63) is 231 Å². The largest absolute Gasteiger partial charge is 0.310 e. The van der Waals surface area contributed by atoms with Crippen LogP contribution in [0.1, 0.15) is 0 Å². The zero-order valence-corrected chi connectivity index (χ0v) is 31.7. The fourth-order valence-corrected chi connectivity index (χ4v) is 7.77. The van der Waals surface area contributed by atoms with Crippen molar-refractivity contribution in [2.75, 3.05) is 9.80 Å². The molecule has 2 aromatic heterocycles. The minimum absolute atomic E-state index is 0.977. The summed E-state index contributed by atoms with van der Waals surface area (Å²) >= 11 is 0. The first-order valence-corrected chi connectivity index (χ1v) is 19.5. The Morgan fingerprint density at radius 3 is 0.862 bits per heavy atom. The van der Waals surface area contributed by atoms with E-state index in [4.69, 9.17) is 0 Å². The summed E-state index contributed by atoms with van der Waals surface area (Å²) in [4.78, 5) is 13.8. The number of pyridine rings is 2. The minimum atomic E-state index is 0.977. The first kappa shape index (κ1) is 34.7. The zero-order valence-electron chi connectivity index (χ0n) is 31.7. The van der Waals surface area contributed by atoms with Gasteiger partial charge in [-0.15, -0.1) is 0 Å². The third-order valence-corrected chi connectivity index (χ3v) is 10.7. The number of hydrogen-bond acceptors (Lipinski definition) is 4. The van der Waals surface area contributed by atoms with E-state index in [-0.39, 0.29) is 0 Å². The average Bonchev–Trinajstić information content (AvgIpc) is 3.31. The predicted molar refractivity (Wildman–Crippen MR) is 243 cm³/mol. The normalized spacial score (nSPS) is 11.1. The molecule has 0 aliphatic rings. The number of hydrogen-bond donors (Lipinski definition) is 0. The van der Waals surface area contributed by atoms with E-state index in [1.54, 1.807) is 0 Å². The first-order chi connectivity index (χ1) is 28.7. The number of rotatable bonds is 9. The van der Waals surface area contributed by atoms with E-state index in [0.29, 0.717) is 0 Å². The van der Waals surface area contributed by atoms with Gasteiger partial charge in [0.1, 0.15) is 0 Å². The van der Waals surface area contributed by atoms with Gasteiger partial charge in [0.05, 0.1) is 11.0 Å². The van der Waals surface area contributed by atoms with Crippen LogP contribution in [0.4, 0.5) is 34.1 Å². The van der Waals surface area contributed by atoms with Gasteiger partial charge in [0, 0.05) is 57.3 Å². The maximum Gasteiger partial charge on any atom is 0.0703 e. The molecule has 0 aliphatic carbocycles. The smallest absolute Gasteiger partial charge is 0.0703 e. The maximum absolute atomic E-state index is 4.57. The van der Waals surface area contributed by atoms with E-state index in [1.165, 1.54) is 22.3 Å². The Hall–Kier alpha value is -7.82.